The molecule has 2 N–H and O–H groups in total. The summed E-state index contributed by atoms with van der Waals surface area (Å²) >= 11 is 0. The Morgan fingerprint density at radius 3 is 2.84 bits per heavy atom. The smallest absolute Gasteiger partial charge is 0.407 e. The van der Waals surface area contributed by atoms with Crippen molar-refractivity contribution in [3.05, 3.63) is 12.2 Å². The van der Waals surface area contributed by atoms with Crippen LogP contribution < -0.4 is 10.6 Å². The van der Waals surface area contributed by atoms with Gasteiger partial charge in [0.15, 0.2) is 5.96 Å². The maximum atomic E-state index is 11.9. The summed E-state index contributed by atoms with van der Waals surface area (Å²) < 4.78 is 7.03. The summed E-state index contributed by atoms with van der Waals surface area (Å²) in [6.07, 6.45) is 2.00. The van der Waals surface area contributed by atoms with Gasteiger partial charge in [-0.05, 0) is 34.1 Å². The first-order valence-corrected chi connectivity index (χ1v) is 8.64. The number of guanidine groups is 1. The second-order valence-electron chi connectivity index (χ2n) is 7.05. The van der Waals surface area contributed by atoms with Crippen LogP contribution in [-0.4, -0.2) is 63.0 Å². The Hall–Kier alpha value is -2.32. The first kappa shape index (κ1) is 19.0. The molecule has 1 amide bonds. The van der Waals surface area contributed by atoms with E-state index in [-0.39, 0.29) is 12.1 Å². The lowest BCUT2D eigenvalue weighted by Crippen LogP contribution is -2.44. The molecule has 0 spiro atoms. The highest BCUT2D eigenvalue weighted by molar-refractivity contribution is 5.80. The standard InChI is InChI=1S/C16H29N7O2/c1-6-17-14(18-9-13-19-11-20-22(13)5)23-8-7-12(10-23)21-15(24)25-16(2,3)4/h11-12H,6-10H2,1-5H3,(H,17,18)(H,21,24). The molecule has 1 aromatic rings. The lowest BCUT2D eigenvalue weighted by atomic mass is 10.2. The van der Waals surface area contributed by atoms with Gasteiger partial charge in [0.1, 0.15) is 24.3 Å². The van der Waals surface area contributed by atoms with Crippen LogP contribution >= 0.6 is 0 Å². The quantitative estimate of drug-likeness (QED) is 0.617. The van der Waals surface area contributed by atoms with Gasteiger partial charge in [0.25, 0.3) is 0 Å². The number of carbonyl (C=O) groups excluding carboxylic acids is 1. The number of likely N-dealkylation sites (tertiary alicyclic amines) is 1. The van der Waals surface area contributed by atoms with E-state index in [1.807, 2.05) is 34.7 Å². The number of carbonyl (C=O) groups is 1. The number of hydrogen-bond acceptors (Lipinski definition) is 5. The van der Waals surface area contributed by atoms with Gasteiger partial charge in [-0.3, -0.25) is 4.68 Å². The number of rotatable bonds is 4. The van der Waals surface area contributed by atoms with Crippen LogP contribution in [0.15, 0.2) is 11.3 Å². The van der Waals surface area contributed by atoms with Crippen molar-refractivity contribution in [3.63, 3.8) is 0 Å². The number of nitrogens with one attached hydrogen (secondary N) is 2. The molecule has 0 aromatic carbocycles. The summed E-state index contributed by atoms with van der Waals surface area (Å²) in [7, 11) is 1.85. The Morgan fingerprint density at radius 2 is 2.24 bits per heavy atom. The van der Waals surface area contributed by atoms with Gasteiger partial charge >= 0.3 is 6.09 Å². The largest absolute Gasteiger partial charge is 0.444 e. The van der Waals surface area contributed by atoms with E-state index < -0.39 is 5.60 Å². The molecule has 0 aliphatic carbocycles. The Morgan fingerprint density at radius 1 is 1.48 bits per heavy atom. The van der Waals surface area contributed by atoms with E-state index in [1.165, 1.54) is 6.33 Å². The monoisotopic (exact) mass is 351 g/mol. The zero-order valence-electron chi connectivity index (χ0n) is 15.7. The number of nitrogens with zero attached hydrogens (tertiary/aromatic N) is 5. The van der Waals surface area contributed by atoms with Crippen LogP contribution in [0.4, 0.5) is 4.79 Å². The number of aryl methyl sites for hydroxylation is 1. The molecule has 2 rings (SSSR count). The summed E-state index contributed by atoms with van der Waals surface area (Å²) in [6.45, 7) is 10.4. The molecule has 1 unspecified atom stereocenters. The highest BCUT2D eigenvalue weighted by Gasteiger charge is 2.27. The highest BCUT2D eigenvalue weighted by atomic mass is 16.6. The van der Waals surface area contributed by atoms with Crippen molar-refractivity contribution in [2.24, 2.45) is 12.0 Å². The Balaban J connectivity index is 1.92. The van der Waals surface area contributed by atoms with Crippen LogP contribution in [0, 0.1) is 0 Å². The summed E-state index contributed by atoms with van der Waals surface area (Å²) in [5.74, 6) is 1.62. The van der Waals surface area contributed by atoms with Crippen molar-refractivity contribution in [2.45, 2.75) is 52.3 Å². The van der Waals surface area contributed by atoms with Gasteiger partial charge in [0, 0.05) is 26.7 Å². The molecule has 1 aromatic heterocycles. The SMILES string of the molecule is CCNC(=NCc1ncnn1C)N1CCC(NC(=O)OC(C)(C)C)C1. The first-order valence-electron chi connectivity index (χ1n) is 8.64. The normalized spacial score (nSPS) is 18.4. The molecule has 9 nitrogen and oxygen atoms in total. The van der Waals surface area contributed by atoms with Gasteiger partial charge in [0.05, 0.1) is 6.04 Å². The number of ether oxygens (including phenoxy) is 1. The minimum atomic E-state index is -0.491. The fourth-order valence-electron chi connectivity index (χ4n) is 2.58. The van der Waals surface area contributed by atoms with E-state index >= 15 is 0 Å². The minimum Gasteiger partial charge on any atom is -0.444 e. The molecule has 2 heterocycles. The third kappa shape index (κ3) is 5.91. The van der Waals surface area contributed by atoms with Gasteiger partial charge < -0.3 is 20.3 Å². The average Bonchev–Trinajstić information content (AvgIpc) is 3.11. The van der Waals surface area contributed by atoms with Crippen molar-refractivity contribution < 1.29 is 9.53 Å². The molecular weight excluding hydrogens is 322 g/mol. The number of hydrogen-bond donors (Lipinski definition) is 2. The fraction of sp³-hybridized carbons (Fsp3) is 0.750. The minimum absolute atomic E-state index is 0.0496. The fourth-order valence-corrected chi connectivity index (χ4v) is 2.58. The molecule has 0 bridgehead atoms. The van der Waals surface area contributed by atoms with Crippen LogP contribution in [0.1, 0.15) is 39.9 Å². The molecule has 1 fully saturated rings. The van der Waals surface area contributed by atoms with Crippen LogP contribution in [0.2, 0.25) is 0 Å². The van der Waals surface area contributed by atoms with Crippen molar-refractivity contribution >= 4 is 12.1 Å². The maximum absolute atomic E-state index is 11.9. The molecule has 1 atom stereocenters. The number of aliphatic imine (C=N–C) groups is 1. The van der Waals surface area contributed by atoms with Crippen LogP contribution in [0.3, 0.4) is 0 Å². The molecule has 9 heteroatoms. The lowest BCUT2D eigenvalue weighted by Gasteiger charge is -2.23. The Kier molecular flexibility index (Phi) is 6.22. The zero-order chi connectivity index (χ0) is 18.4. The Labute approximate surface area is 148 Å². The van der Waals surface area contributed by atoms with E-state index in [2.05, 4.69) is 30.6 Å². The summed E-state index contributed by atoms with van der Waals surface area (Å²) in [5, 5.41) is 10.3. The van der Waals surface area contributed by atoms with E-state index in [4.69, 9.17) is 4.74 Å². The molecule has 1 aliphatic heterocycles. The Bertz CT molecular complexity index is 606. The maximum Gasteiger partial charge on any atom is 0.407 e. The van der Waals surface area contributed by atoms with E-state index in [1.54, 1.807) is 4.68 Å². The third-order valence-corrected chi connectivity index (χ3v) is 3.72. The highest BCUT2D eigenvalue weighted by Crippen LogP contribution is 2.12. The predicted molar refractivity (Wildman–Crippen MR) is 95.2 cm³/mol. The summed E-state index contributed by atoms with van der Waals surface area (Å²) in [5.41, 5.74) is -0.491. The van der Waals surface area contributed by atoms with Gasteiger partial charge in [-0.1, -0.05) is 0 Å². The van der Waals surface area contributed by atoms with Crippen LogP contribution in [0.25, 0.3) is 0 Å². The van der Waals surface area contributed by atoms with Gasteiger partial charge in [0.2, 0.25) is 0 Å². The summed E-state index contributed by atoms with van der Waals surface area (Å²) in [6, 6.07) is 0.0496. The van der Waals surface area contributed by atoms with Crippen molar-refractivity contribution in [2.75, 3.05) is 19.6 Å². The second-order valence-corrected chi connectivity index (χ2v) is 7.05. The number of aromatic nitrogens is 3. The molecule has 1 saturated heterocycles. The van der Waals surface area contributed by atoms with Gasteiger partial charge in [-0.15, -0.1) is 0 Å². The number of amides is 1. The van der Waals surface area contributed by atoms with Crippen LogP contribution in [0.5, 0.6) is 0 Å². The molecule has 1 aliphatic rings. The van der Waals surface area contributed by atoms with E-state index in [9.17, 15) is 4.79 Å². The topological polar surface area (TPSA) is 96.7 Å². The second kappa shape index (κ2) is 8.17. The van der Waals surface area contributed by atoms with Crippen LogP contribution in [-0.2, 0) is 18.3 Å². The van der Waals surface area contributed by atoms with Crippen molar-refractivity contribution in [3.8, 4) is 0 Å². The molecular formula is C16H29N7O2. The van der Waals surface area contributed by atoms with Gasteiger partial charge in [-0.2, -0.15) is 5.10 Å². The molecule has 0 radical (unpaired) electrons. The van der Waals surface area contributed by atoms with E-state index in [0.717, 1.165) is 31.3 Å². The third-order valence-electron chi connectivity index (χ3n) is 3.72. The molecule has 0 saturated carbocycles. The lowest BCUT2D eigenvalue weighted by molar-refractivity contribution is 0.0507. The van der Waals surface area contributed by atoms with E-state index in [0.29, 0.717) is 13.1 Å². The molecule has 25 heavy (non-hydrogen) atoms. The average molecular weight is 351 g/mol. The summed E-state index contributed by atoms with van der Waals surface area (Å²) in [4.78, 5) is 22.9. The predicted octanol–water partition coefficient (Wildman–Crippen LogP) is 0.880. The van der Waals surface area contributed by atoms with Gasteiger partial charge in [-0.25, -0.2) is 14.8 Å². The number of alkyl carbamates (subject to hydrolysis) is 1. The van der Waals surface area contributed by atoms with Crippen molar-refractivity contribution in [1.29, 1.82) is 0 Å². The van der Waals surface area contributed by atoms with Crippen molar-refractivity contribution in [1.82, 2.24) is 30.3 Å². The molecule has 140 valence electrons. The zero-order valence-corrected chi connectivity index (χ0v) is 15.7. The first-order chi connectivity index (χ1) is 11.8.